The van der Waals surface area contributed by atoms with Gasteiger partial charge in [-0.1, -0.05) is 23.2 Å². The average Bonchev–Trinajstić information content (AvgIpc) is 2.73. The van der Waals surface area contributed by atoms with E-state index in [9.17, 15) is 0 Å². The Hall–Kier alpha value is -0.990. The van der Waals surface area contributed by atoms with Crippen LogP contribution in [-0.2, 0) is 12.8 Å². The standard InChI is InChI=1S/C12H10Cl2N2/c13-8-5-4-7-11(15)6-2-1-3-9(6)16-12(7)10(8)14/h4-5H,1-3H2,(H2,15,16). The van der Waals surface area contributed by atoms with Crippen molar-refractivity contribution in [2.24, 2.45) is 0 Å². The van der Waals surface area contributed by atoms with Gasteiger partial charge >= 0.3 is 0 Å². The number of nitrogens with zero attached hydrogens (tertiary/aromatic N) is 1. The third-order valence-electron chi connectivity index (χ3n) is 3.12. The van der Waals surface area contributed by atoms with Gasteiger partial charge in [0.1, 0.15) is 0 Å². The summed E-state index contributed by atoms with van der Waals surface area (Å²) in [6.07, 6.45) is 3.12. The molecule has 0 saturated heterocycles. The number of hydrogen-bond acceptors (Lipinski definition) is 2. The fraction of sp³-hybridized carbons (Fsp3) is 0.250. The fourth-order valence-electron chi connectivity index (χ4n) is 2.31. The van der Waals surface area contributed by atoms with E-state index in [1.807, 2.05) is 6.07 Å². The molecule has 2 aromatic rings. The highest BCUT2D eigenvalue weighted by molar-refractivity contribution is 6.45. The van der Waals surface area contributed by atoms with Gasteiger partial charge < -0.3 is 5.73 Å². The first-order chi connectivity index (χ1) is 7.68. The number of aryl methyl sites for hydroxylation is 1. The molecule has 4 heteroatoms. The SMILES string of the molecule is Nc1c2c(nc3c(Cl)c(Cl)ccc13)CCC2. The van der Waals surface area contributed by atoms with Crippen molar-refractivity contribution in [3.63, 3.8) is 0 Å². The van der Waals surface area contributed by atoms with Gasteiger partial charge in [0.25, 0.3) is 0 Å². The molecule has 82 valence electrons. The minimum Gasteiger partial charge on any atom is -0.398 e. The van der Waals surface area contributed by atoms with Gasteiger partial charge in [0, 0.05) is 16.8 Å². The summed E-state index contributed by atoms with van der Waals surface area (Å²) in [5.74, 6) is 0. The van der Waals surface area contributed by atoms with Crippen LogP contribution >= 0.6 is 23.2 Å². The summed E-state index contributed by atoms with van der Waals surface area (Å²) in [6, 6.07) is 3.66. The molecule has 0 spiro atoms. The number of nitrogen functional groups attached to an aromatic ring is 1. The molecule has 1 aromatic heterocycles. The van der Waals surface area contributed by atoms with Crippen LogP contribution in [0.3, 0.4) is 0 Å². The molecule has 3 rings (SSSR count). The minimum atomic E-state index is 0.501. The fourth-order valence-corrected chi connectivity index (χ4v) is 2.66. The highest BCUT2D eigenvalue weighted by Gasteiger charge is 2.19. The van der Waals surface area contributed by atoms with Crippen molar-refractivity contribution in [3.8, 4) is 0 Å². The van der Waals surface area contributed by atoms with E-state index < -0.39 is 0 Å². The van der Waals surface area contributed by atoms with E-state index in [0.717, 1.165) is 41.5 Å². The van der Waals surface area contributed by atoms with Crippen molar-refractivity contribution in [2.75, 3.05) is 5.73 Å². The molecule has 1 heterocycles. The second kappa shape index (κ2) is 3.51. The summed E-state index contributed by atoms with van der Waals surface area (Å²) in [7, 11) is 0. The number of benzene rings is 1. The second-order valence-corrected chi connectivity index (χ2v) is 4.85. The van der Waals surface area contributed by atoms with Crippen molar-refractivity contribution < 1.29 is 0 Å². The van der Waals surface area contributed by atoms with Gasteiger partial charge in [-0.25, -0.2) is 0 Å². The van der Waals surface area contributed by atoms with Crippen LogP contribution in [0.1, 0.15) is 17.7 Å². The van der Waals surface area contributed by atoms with Crippen LogP contribution in [0, 0.1) is 0 Å². The number of pyridine rings is 1. The lowest BCUT2D eigenvalue weighted by Crippen LogP contribution is -1.98. The maximum atomic E-state index is 6.15. The Morgan fingerprint density at radius 1 is 1.19 bits per heavy atom. The summed E-state index contributed by atoms with van der Waals surface area (Å²) in [5, 5.41) is 1.94. The van der Waals surface area contributed by atoms with Gasteiger partial charge in [0.2, 0.25) is 0 Å². The van der Waals surface area contributed by atoms with Gasteiger partial charge in [0.05, 0.1) is 15.6 Å². The molecule has 0 unspecified atom stereocenters. The Labute approximate surface area is 103 Å². The number of anilines is 1. The normalized spacial score (nSPS) is 14.4. The zero-order chi connectivity index (χ0) is 11.3. The van der Waals surface area contributed by atoms with E-state index in [1.54, 1.807) is 6.07 Å². The van der Waals surface area contributed by atoms with E-state index in [-0.39, 0.29) is 0 Å². The molecule has 0 aliphatic heterocycles. The number of nitrogens with two attached hydrogens (primary N) is 1. The van der Waals surface area contributed by atoms with Gasteiger partial charge in [-0.3, -0.25) is 4.98 Å². The second-order valence-electron chi connectivity index (χ2n) is 4.06. The van der Waals surface area contributed by atoms with Crippen LogP contribution in [0.5, 0.6) is 0 Å². The predicted octanol–water partition coefficient (Wildman–Crippen LogP) is 3.61. The molecular weight excluding hydrogens is 243 g/mol. The quantitative estimate of drug-likeness (QED) is 0.778. The average molecular weight is 253 g/mol. The van der Waals surface area contributed by atoms with Crippen molar-refractivity contribution in [1.82, 2.24) is 4.98 Å². The van der Waals surface area contributed by atoms with Gasteiger partial charge in [-0.2, -0.15) is 0 Å². The number of halogens is 2. The minimum absolute atomic E-state index is 0.501. The van der Waals surface area contributed by atoms with Crippen molar-refractivity contribution in [1.29, 1.82) is 0 Å². The molecule has 16 heavy (non-hydrogen) atoms. The largest absolute Gasteiger partial charge is 0.398 e. The Bertz CT molecular complexity index is 593. The molecule has 2 N–H and O–H groups in total. The smallest absolute Gasteiger partial charge is 0.0927 e. The molecule has 0 saturated carbocycles. The van der Waals surface area contributed by atoms with Gasteiger partial charge in [-0.15, -0.1) is 0 Å². The first kappa shape index (κ1) is 10.2. The summed E-state index contributed by atoms with van der Waals surface area (Å²) >= 11 is 12.1. The molecular formula is C12H10Cl2N2. The summed E-state index contributed by atoms with van der Waals surface area (Å²) in [6.45, 7) is 0. The zero-order valence-electron chi connectivity index (χ0n) is 8.56. The summed E-state index contributed by atoms with van der Waals surface area (Å²) in [4.78, 5) is 4.58. The molecule has 2 nitrogen and oxygen atoms in total. The number of aromatic nitrogens is 1. The first-order valence-electron chi connectivity index (χ1n) is 5.23. The first-order valence-corrected chi connectivity index (χ1v) is 5.99. The molecule has 0 bridgehead atoms. The van der Waals surface area contributed by atoms with Crippen LogP contribution < -0.4 is 5.73 Å². The number of hydrogen-bond donors (Lipinski definition) is 1. The molecule has 0 radical (unpaired) electrons. The van der Waals surface area contributed by atoms with Crippen LogP contribution in [-0.4, -0.2) is 4.98 Å². The molecule has 0 atom stereocenters. The Balaban J connectivity index is 2.46. The topological polar surface area (TPSA) is 38.9 Å². The van der Waals surface area contributed by atoms with Crippen molar-refractivity contribution in [2.45, 2.75) is 19.3 Å². The molecule has 1 aliphatic carbocycles. The van der Waals surface area contributed by atoms with E-state index in [0.29, 0.717) is 10.0 Å². The van der Waals surface area contributed by atoms with Crippen LogP contribution in [0.15, 0.2) is 12.1 Å². The maximum Gasteiger partial charge on any atom is 0.0927 e. The lowest BCUT2D eigenvalue weighted by molar-refractivity contribution is 0.901. The van der Waals surface area contributed by atoms with Crippen LogP contribution in [0.25, 0.3) is 10.9 Å². The zero-order valence-corrected chi connectivity index (χ0v) is 10.1. The monoisotopic (exact) mass is 252 g/mol. The van der Waals surface area contributed by atoms with E-state index >= 15 is 0 Å². The number of rotatable bonds is 0. The lowest BCUT2D eigenvalue weighted by atomic mass is 10.1. The Morgan fingerprint density at radius 2 is 2.00 bits per heavy atom. The van der Waals surface area contributed by atoms with E-state index in [4.69, 9.17) is 28.9 Å². The highest BCUT2D eigenvalue weighted by atomic mass is 35.5. The molecule has 1 aromatic carbocycles. The molecule has 0 amide bonds. The lowest BCUT2D eigenvalue weighted by Gasteiger charge is -2.09. The van der Waals surface area contributed by atoms with Gasteiger partial charge in [-0.05, 0) is 37.0 Å². The van der Waals surface area contributed by atoms with Crippen molar-refractivity contribution in [3.05, 3.63) is 33.4 Å². The third-order valence-corrected chi connectivity index (χ3v) is 3.91. The van der Waals surface area contributed by atoms with E-state index in [1.165, 1.54) is 5.56 Å². The summed E-state index contributed by atoms with van der Waals surface area (Å²) in [5.41, 5.74) is 9.96. The summed E-state index contributed by atoms with van der Waals surface area (Å²) < 4.78 is 0. The molecule has 0 fully saturated rings. The third kappa shape index (κ3) is 1.30. The molecule has 1 aliphatic rings. The highest BCUT2D eigenvalue weighted by Crippen LogP contribution is 2.37. The van der Waals surface area contributed by atoms with Gasteiger partial charge in [0.15, 0.2) is 0 Å². The Morgan fingerprint density at radius 3 is 2.81 bits per heavy atom. The number of fused-ring (bicyclic) bond motifs is 2. The van der Waals surface area contributed by atoms with E-state index in [2.05, 4.69) is 4.98 Å². The van der Waals surface area contributed by atoms with Crippen LogP contribution in [0.4, 0.5) is 5.69 Å². The predicted molar refractivity (Wildman–Crippen MR) is 68.2 cm³/mol. The Kier molecular flexibility index (Phi) is 2.23. The van der Waals surface area contributed by atoms with Crippen LogP contribution in [0.2, 0.25) is 10.0 Å². The van der Waals surface area contributed by atoms with Crippen molar-refractivity contribution >= 4 is 39.8 Å². The maximum absolute atomic E-state index is 6.15.